The third kappa shape index (κ3) is 4.65. The number of carbonyl (C=O) groups is 1. The van der Waals surface area contributed by atoms with Gasteiger partial charge in [-0.25, -0.2) is 13.4 Å². The lowest BCUT2D eigenvalue weighted by molar-refractivity contribution is 0.103. The third-order valence-corrected chi connectivity index (χ3v) is 7.32. The van der Waals surface area contributed by atoms with Crippen LogP contribution >= 0.6 is 11.6 Å². The van der Waals surface area contributed by atoms with E-state index in [4.69, 9.17) is 11.6 Å². The summed E-state index contributed by atoms with van der Waals surface area (Å²) >= 11 is 6.00. The quantitative estimate of drug-likeness (QED) is 0.322. The Morgan fingerprint density at radius 2 is 1.82 bits per heavy atom. The summed E-state index contributed by atoms with van der Waals surface area (Å²) in [6, 6.07) is 12.8. The largest absolute Gasteiger partial charge is 0.345 e. The first-order valence-electron chi connectivity index (χ1n) is 10.6. The van der Waals surface area contributed by atoms with E-state index < -0.39 is 10.0 Å². The number of hydrogen-bond donors (Lipinski definition) is 2. The Labute approximate surface area is 198 Å². The first-order chi connectivity index (χ1) is 15.7. The molecule has 0 spiro atoms. The molecule has 2 heterocycles. The zero-order valence-electron chi connectivity index (χ0n) is 18.6. The number of hydrogen-bond acceptors (Lipinski definition) is 4. The summed E-state index contributed by atoms with van der Waals surface area (Å²) in [5.74, 6) is -0.173. The van der Waals surface area contributed by atoms with Gasteiger partial charge in [-0.3, -0.25) is 9.52 Å². The summed E-state index contributed by atoms with van der Waals surface area (Å²) < 4.78 is 27.2. The number of fused-ring (bicyclic) bond motifs is 1. The minimum Gasteiger partial charge on any atom is -0.345 e. The number of sulfonamides is 1. The van der Waals surface area contributed by atoms with Gasteiger partial charge >= 0.3 is 0 Å². The summed E-state index contributed by atoms with van der Waals surface area (Å²) in [6.07, 6.45) is 3.90. The summed E-state index contributed by atoms with van der Waals surface area (Å²) in [4.78, 5) is 21.2. The number of H-pyrrole nitrogens is 1. The highest BCUT2D eigenvalue weighted by molar-refractivity contribution is 7.92. The first kappa shape index (κ1) is 23.0. The number of aryl methyl sites for hydroxylation is 1. The summed E-state index contributed by atoms with van der Waals surface area (Å²) in [6.45, 7) is 5.41. The van der Waals surface area contributed by atoms with Crippen molar-refractivity contribution in [2.24, 2.45) is 0 Å². The molecular weight excluding hydrogens is 458 g/mol. The predicted octanol–water partition coefficient (Wildman–Crippen LogP) is 5.88. The van der Waals surface area contributed by atoms with E-state index in [9.17, 15) is 13.2 Å². The molecule has 0 aliphatic heterocycles. The number of rotatable bonds is 7. The molecule has 0 amide bonds. The fraction of sp³-hybridized carbons (Fsp3) is 0.200. The number of carbonyl (C=O) groups excluding carboxylic acids is 1. The van der Waals surface area contributed by atoms with Crippen LogP contribution in [-0.4, -0.2) is 29.9 Å². The lowest BCUT2D eigenvalue weighted by Crippen LogP contribution is -2.18. The monoisotopic (exact) mass is 481 g/mol. The van der Waals surface area contributed by atoms with Crippen molar-refractivity contribution in [2.75, 3.05) is 10.5 Å². The van der Waals surface area contributed by atoms with Gasteiger partial charge in [-0.15, -0.1) is 0 Å². The smallest absolute Gasteiger partial charge is 0.232 e. The minimum atomic E-state index is -3.48. The number of aromatic nitrogens is 2. The molecule has 0 unspecified atom stereocenters. The van der Waals surface area contributed by atoms with Gasteiger partial charge in [0, 0.05) is 39.5 Å². The molecule has 0 fully saturated rings. The topological polar surface area (TPSA) is 91.9 Å². The predicted molar refractivity (Wildman–Crippen MR) is 134 cm³/mol. The highest BCUT2D eigenvalue weighted by Crippen LogP contribution is 2.30. The number of anilines is 1. The Kier molecular flexibility index (Phi) is 6.28. The maximum Gasteiger partial charge on any atom is 0.232 e. The molecule has 2 aromatic heterocycles. The van der Waals surface area contributed by atoms with Crippen molar-refractivity contribution in [2.45, 2.75) is 27.2 Å². The Bertz CT molecular complexity index is 1460. The number of pyridine rings is 1. The second kappa shape index (κ2) is 9.00. The van der Waals surface area contributed by atoms with E-state index in [0.29, 0.717) is 44.9 Å². The van der Waals surface area contributed by atoms with E-state index in [-0.39, 0.29) is 11.5 Å². The zero-order chi connectivity index (χ0) is 23.8. The molecule has 6 nitrogen and oxygen atoms in total. The number of benzene rings is 2. The molecule has 0 bridgehead atoms. The molecule has 0 atom stereocenters. The SMILES string of the molecule is CCCS(=O)(=O)Nc1ccc(C)c(C(=O)c2c[nH]c3ncc(-c4ccc(Cl)cc4)cc23)c1C. The molecule has 8 heteroatoms. The van der Waals surface area contributed by atoms with Crippen LogP contribution in [0.5, 0.6) is 0 Å². The van der Waals surface area contributed by atoms with Crippen LogP contribution in [0, 0.1) is 13.8 Å². The third-order valence-electron chi connectivity index (χ3n) is 5.59. The number of aromatic amines is 1. The molecule has 4 rings (SSSR count). The fourth-order valence-electron chi connectivity index (χ4n) is 3.92. The number of nitrogens with zero attached hydrogens (tertiary/aromatic N) is 1. The van der Waals surface area contributed by atoms with E-state index in [2.05, 4.69) is 14.7 Å². The molecule has 2 aromatic carbocycles. The van der Waals surface area contributed by atoms with E-state index in [1.165, 1.54) is 0 Å². The van der Waals surface area contributed by atoms with Crippen molar-refractivity contribution in [3.05, 3.63) is 82.1 Å². The van der Waals surface area contributed by atoms with Crippen LogP contribution < -0.4 is 4.72 Å². The summed E-state index contributed by atoms with van der Waals surface area (Å²) in [5, 5.41) is 1.34. The van der Waals surface area contributed by atoms with Crippen LogP contribution in [0.25, 0.3) is 22.2 Å². The highest BCUT2D eigenvalue weighted by atomic mass is 35.5. The number of nitrogens with one attached hydrogen (secondary N) is 2. The molecule has 0 radical (unpaired) electrons. The minimum absolute atomic E-state index is 0.0190. The highest BCUT2D eigenvalue weighted by Gasteiger charge is 2.22. The van der Waals surface area contributed by atoms with E-state index in [1.54, 1.807) is 38.4 Å². The maximum absolute atomic E-state index is 13.7. The summed E-state index contributed by atoms with van der Waals surface area (Å²) in [7, 11) is -3.48. The molecule has 33 heavy (non-hydrogen) atoms. The number of halogens is 1. The van der Waals surface area contributed by atoms with Crippen molar-refractivity contribution >= 4 is 44.1 Å². The van der Waals surface area contributed by atoms with Crippen molar-refractivity contribution in [3.63, 3.8) is 0 Å². The van der Waals surface area contributed by atoms with E-state index in [1.807, 2.05) is 37.3 Å². The molecule has 0 saturated carbocycles. The van der Waals surface area contributed by atoms with Crippen LogP contribution in [0.1, 0.15) is 40.4 Å². The van der Waals surface area contributed by atoms with Crippen molar-refractivity contribution in [1.29, 1.82) is 0 Å². The Hall–Kier alpha value is -3.16. The first-order valence-corrected chi connectivity index (χ1v) is 12.6. The van der Waals surface area contributed by atoms with Gasteiger partial charge in [-0.1, -0.05) is 36.7 Å². The van der Waals surface area contributed by atoms with Gasteiger partial charge < -0.3 is 4.98 Å². The lowest BCUT2D eigenvalue weighted by Gasteiger charge is -2.15. The Morgan fingerprint density at radius 3 is 2.52 bits per heavy atom. The maximum atomic E-state index is 13.7. The zero-order valence-corrected chi connectivity index (χ0v) is 20.1. The van der Waals surface area contributed by atoms with Gasteiger partial charge in [0.05, 0.1) is 11.4 Å². The molecule has 4 aromatic rings. The second-order valence-corrected chi connectivity index (χ2v) is 10.3. The second-order valence-electron chi connectivity index (χ2n) is 8.01. The fourth-order valence-corrected chi connectivity index (χ4v) is 5.24. The molecule has 0 aliphatic rings. The van der Waals surface area contributed by atoms with E-state index in [0.717, 1.165) is 16.7 Å². The van der Waals surface area contributed by atoms with Crippen LogP contribution in [0.3, 0.4) is 0 Å². The average molecular weight is 482 g/mol. The summed E-state index contributed by atoms with van der Waals surface area (Å²) in [5.41, 5.74) is 5.14. The lowest BCUT2D eigenvalue weighted by atomic mass is 9.93. The van der Waals surface area contributed by atoms with Gasteiger partial charge in [0.1, 0.15) is 5.65 Å². The molecule has 0 aliphatic carbocycles. The standard InChI is InChI=1S/C25H24ClN3O3S/c1-4-11-33(31,32)29-22-10-5-15(2)23(16(22)3)24(30)21-14-28-25-20(21)12-18(13-27-25)17-6-8-19(26)9-7-17/h5-10,12-14,29H,4,11H2,1-3H3,(H,27,28). The number of ketones is 1. The normalized spacial score (nSPS) is 11.6. The average Bonchev–Trinajstić information content (AvgIpc) is 3.19. The Morgan fingerprint density at radius 1 is 1.09 bits per heavy atom. The molecule has 0 saturated heterocycles. The van der Waals surface area contributed by atoms with Gasteiger partial charge in [0.15, 0.2) is 5.78 Å². The van der Waals surface area contributed by atoms with Crippen LogP contribution in [-0.2, 0) is 10.0 Å². The van der Waals surface area contributed by atoms with Crippen LogP contribution in [0.15, 0.2) is 54.9 Å². The van der Waals surface area contributed by atoms with Gasteiger partial charge in [0.2, 0.25) is 10.0 Å². The van der Waals surface area contributed by atoms with Gasteiger partial charge in [-0.05, 0) is 61.2 Å². The Balaban J connectivity index is 1.78. The molecular formula is C25H24ClN3O3S. The van der Waals surface area contributed by atoms with Crippen LogP contribution in [0.2, 0.25) is 5.02 Å². The molecule has 2 N–H and O–H groups in total. The van der Waals surface area contributed by atoms with Gasteiger partial charge in [-0.2, -0.15) is 0 Å². The molecule has 170 valence electrons. The van der Waals surface area contributed by atoms with Crippen LogP contribution in [0.4, 0.5) is 5.69 Å². The van der Waals surface area contributed by atoms with Crippen molar-refractivity contribution < 1.29 is 13.2 Å². The van der Waals surface area contributed by atoms with Crippen molar-refractivity contribution in [1.82, 2.24) is 9.97 Å². The van der Waals surface area contributed by atoms with E-state index >= 15 is 0 Å². The van der Waals surface area contributed by atoms with Gasteiger partial charge in [0.25, 0.3) is 0 Å². The van der Waals surface area contributed by atoms with Crippen molar-refractivity contribution in [3.8, 4) is 11.1 Å².